The smallest absolute Gasteiger partial charge is 0.255 e. The van der Waals surface area contributed by atoms with Gasteiger partial charge in [0.2, 0.25) is 0 Å². The summed E-state index contributed by atoms with van der Waals surface area (Å²) in [4.78, 5) is 19.2. The molecule has 0 radical (unpaired) electrons. The van der Waals surface area contributed by atoms with Gasteiger partial charge in [-0.05, 0) is 45.0 Å². The van der Waals surface area contributed by atoms with Gasteiger partial charge in [-0.1, -0.05) is 6.07 Å². The molecule has 7 heteroatoms. The topological polar surface area (TPSA) is 50.2 Å². The van der Waals surface area contributed by atoms with Crippen LogP contribution >= 0.6 is 24.8 Å². The SMILES string of the molecule is Cc1cc(C(=O)N2CCCNCC2)c(C)n1Cc1ccccn1.Cl.Cl. The van der Waals surface area contributed by atoms with Gasteiger partial charge in [-0.15, -0.1) is 24.8 Å². The number of carbonyl (C=O) groups is 1. The first-order valence-electron chi connectivity index (χ1n) is 8.23. The second-order valence-corrected chi connectivity index (χ2v) is 6.09. The first kappa shape index (κ1) is 21.5. The molecule has 0 aromatic carbocycles. The number of nitrogens with one attached hydrogen (secondary N) is 1. The minimum Gasteiger partial charge on any atom is -0.342 e. The molecule has 1 aliphatic heterocycles. The van der Waals surface area contributed by atoms with Crippen LogP contribution < -0.4 is 5.32 Å². The number of carbonyl (C=O) groups excluding carboxylic acids is 1. The van der Waals surface area contributed by atoms with Crippen LogP contribution in [0.5, 0.6) is 0 Å². The van der Waals surface area contributed by atoms with E-state index in [-0.39, 0.29) is 30.7 Å². The first-order chi connectivity index (χ1) is 11.2. The Bertz CT molecular complexity index is 680. The van der Waals surface area contributed by atoms with Gasteiger partial charge < -0.3 is 14.8 Å². The molecular formula is C18H26Cl2N4O. The molecule has 3 heterocycles. The van der Waals surface area contributed by atoms with E-state index in [0.717, 1.165) is 55.2 Å². The third-order valence-corrected chi connectivity index (χ3v) is 4.48. The molecule has 0 unspecified atom stereocenters. The maximum atomic E-state index is 12.9. The molecule has 25 heavy (non-hydrogen) atoms. The average Bonchev–Trinajstić information content (AvgIpc) is 2.78. The van der Waals surface area contributed by atoms with E-state index in [2.05, 4.69) is 21.8 Å². The van der Waals surface area contributed by atoms with E-state index < -0.39 is 0 Å². The van der Waals surface area contributed by atoms with Crippen molar-refractivity contribution in [3.8, 4) is 0 Å². The van der Waals surface area contributed by atoms with Gasteiger partial charge in [-0.25, -0.2) is 0 Å². The standard InChI is InChI=1S/C18H24N4O.2ClH/c1-14-12-17(18(23)21-10-5-7-19-9-11-21)15(2)22(14)13-16-6-3-4-8-20-16;;/h3-4,6,8,12,19H,5,7,9-11,13H2,1-2H3;2*1H. The number of aryl methyl sites for hydroxylation is 1. The zero-order valence-electron chi connectivity index (χ0n) is 14.7. The van der Waals surface area contributed by atoms with Crippen LogP contribution in [-0.2, 0) is 6.54 Å². The molecular weight excluding hydrogens is 359 g/mol. The van der Waals surface area contributed by atoms with Crippen molar-refractivity contribution < 1.29 is 4.79 Å². The Kier molecular flexibility index (Phi) is 8.42. The van der Waals surface area contributed by atoms with Crippen LogP contribution in [0.15, 0.2) is 30.5 Å². The van der Waals surface area contributed by atoms with E-state index in [0.29, 0.717) is 6.54 Å². The summed E-state index contributed by atoms with van der Waals surface area (Å²) in [6.45, 7) is 8.25. The molecule has 1 amide bonds. The normalized spacial score (nSPS) is 14.2. The van der Waals surface area contributed by atoms with Crippen molar-refractivity contribution >= 4 is 30.7 Å². The van der Waals surface area contributed by atoms with E-state index in [9.17, 15) is 4.79 Å². The highest BCUT2D eigenvalue weighted by atomic mass is 35.5. The Morgan fingerprint density at radius 2 is 2.00 bits per heavy atom. The van der Waals surface area contributed by atoms with E-state index in [1.807, 2.05) is 36.1 Å². The Hall–Kier alpha value is -1.56. The van der Waals surface area contributed by atoms with Gasteiger partial charge in [0.05, 0.1) is 17.8 Å². The monoisotopic (exact) mass is 384 g/mol. The minimum atomic E-state index is 0. The Morgan fingerprint density at radius 3 is 2.72 bits per heavy atom. The maximum Gasteiger partial charge on any atom is 0.255 e. The lowest BCUT2D eigenvalue weighted by Crippen LogP contribution is -2.34. The van der Waals surface area contributed by atoms with Crippen LogP contribution in [-0.4, -0.2) is 46.5 Å². The number of hydrogen-bond acceptors (Lipinski definition) is 3. The van der Waals surface area contributed by atoms with Crippen molar-refractivity contribution in [2.24, 2.45) is 0 Å². The highest BCUT2D eigenvalue weighted by Gasteiger charge is 2.22. The molecule has 0 spiro atoms. The summed E-state index contributed by atoms with van der Waals surface area (Å²) < 4.78 is 2.17. The van der Waals surface area contributed by atoms with Gasteiger partial charge in [0.25, 0.3) is 5.91 Å². The second kappa shape index (κ2) is 9.80. The first-order valence-corrected chi connectivity index (χ1v) is 8.23. The molecule has 0 atom stereocenters. The predicted molar refractivity (Wildman–Crippen MR) is 105 cm³/mol. The molecule has 5 nitrogen and oxygen atoms in total. The summed E-state index contributed by atoms with van der Waals surface area (Å²) in [7, 11) is 0. The number of pyridine rings is 1. The summed E-state index contributed by atoms with van der Waals surface area (Å²) in [5, 5.41) is 3.34. The fraction of sp³-hybridized carbons (Fsp3) is 0.444. The molecule has 3 rings (SSSR count). The van der Waals surface area contributed by atoms with Crippen LogP contribution in [0.3, 0.4) is 0 Å². The Balaban J connectivity index is 0.00000156. The highest BCUT2D eigenvalue weighted by Crippen LogP contribution is 2.19. The summed E-state index contributed by atoms with van der Waals surface area (Å²) in [5.41, 5.74) is 3.95. The zero-order chi connectivity index (χ0) is 16.2. The van der Waals surface area contributed by atoms with Crippen molar-refractivity contribution in [3.63, 3.8) is 0 Å². The zero-order valence-corrected chi connectivity index (χ0v) is 16.3. The average molecular weight is 385 g/mol. The van der Waals surface area contributed by atoms with E-state index >= 15 is 0 Å². The van der Waals surface area contributed by atoms with Crippen LogP contribution in [0.25, 0.3) is 0 Å². The van der Waals surface area contributed by atoms with Gasteiger partial charge in [0.1, 0.15) is 0 Å². The number of aromatic nitrogens is 2. The van der Waals surface area contributed by atoms with E-state index in [4.69, 9.17) is 0 Å². The molecule has 2 aromatic rings. The fourth-order valence-corrected chi connectivity index (χ4v) is 3.13. The van der Waals surface area contributed by atoms with Gasteiger partial charge in [-0.3, -0.25) is 9.78 Å². The number of hydrogen-bond donors (Lipinski definition) is 1. The summed E-state index contributed by atoms with van der Waals surface area (Å²) >= 11 is 0. The molecule has 2 aromatic heterocycles. The third kappa shape index (κ3) is 4.97. The lowest BCUT2D eigenvalue weighted by atomic mass is 10.2. The molecule has 138 valence electrons. The highest BCUT2D eigenvalue weighted by molar-refractivity contribution is 5.95. The van der Waals surface area contributed by atoms with E-state index in [1.165, 1.54) is 0 Å². The van der Waals surface area contributed by atoms with Gasteiger partial charge in [0, 0.05) is 37.2 Å². The van der Waals surface area contributed by atoms with Gasteiger partial charge in [0.15, 0.2) is 0 Å². The number of amides is 1. The number of halogens is 2. The van der Waals surface area contributed by atoms with Crippen molar-refractivity contribution in [1.29, 1.82) is 0 Å². The van der Waals surface area contributed by atoms with Crippen LogP contribution in [0.2, 0.25) is 0 Å². The Morgan fingerprint density at radius 1 is 1.20 bits per heavy atom. The van der Waals surface area contributed by atoms with Crippen LogP contribution in [0, 0.1) is 13.8 Å². The van der Waals surface area contributed by atoms with Crippen molar-refractivity contribution in [3.05, 3.63) is 53.1 Å². The lowest BCUT2D eigenvalue weighted by molar-refractivity contribution is 0.0765. The predicted octanol–water partition coefficient (Wildman–Crippen LogP) is 2.83. The molecule has 0 bridgehead atoms. The molecule has 0 aliphatic carbocycles. The van der Waals surface area contributed by atoms with Crippen LogP contribution in [0.1, 0.15) is 33.9 Å². The molecule has 0 saturated carbocycles. The molecule has 1 saturated heterocycles. The number of rotatable bonds is 3. The Labute approximate surface area is 161 Å². The molecule has 1 N–H and O–H groups in total. The minimum absolute atomic E-state index is 0. The summed E-state index contributed by atoms with van der Waals surface area (Å²) in [5.74, 6) is 0.147. The number of nitrogens with zero attached hydrogens (tertiary/aromatic N) is 3. The van der Waals surface area contributed by atoms with Gasteiger partial charge in [-0.2, -0.15) is 0 Å². The van der Waals surface area contributed by atoms with Crippen molar-refractivity contribution in [1.82, 2.24) is 19.8 Å². The van der Waals surface area contributed by atoms with Crippen LogP contribution in [0.4, 0.5) is 0 Å². The van der Waals surface area contributed by atoms with Crippen molar-refractivity contribution in [2.45, 2.75) is 26.8 Å². The fourth-order valence-electron chi connectivity index (χ4n) is 3.13. The third-order valence-electron chi connectivity index (χ3n) is 4.48. The quantitative estimate of drug-likeness (QED) is 0.884. The van der Waals surface area contributed by atoms with E-state index in [1.54, 1.807) is 6.20 Å². The molecule has 1 aliphatic rings. The summed E-state index contributed by atoms with van der Waals surface area (Å²) in [6, 6.07) is 7.94. The largest absolute Gasteiger partial charge is 0.342 e. The lowest BCUT2D eigenvalue weighted by Gasteiger charge is -2.20. The molecule has 1 fully saturated rings. The van der Waals surface area contributed by atoms with Crippen molar-refractivity contribution in [2.75, 3.05) is 26.2 Å². The maximum absolute atomic E-state index is 12.9. The van der Waals surface area contributed by atoms with Gasteiger partial charge >= 0.3 is 0 Å². The second-order valence-electron chi connectivity index (χ2n) is 6.09. The summed E-state index contributed by atoms with van der Waals surface area (Å²) in [6.07, 6.45) is 2.82.